The summed E-state index contributed by atoms with van der Waals surface area (Å²) in [5.74, 6) is 0. The SMILES string of the molecule is CN(CCn1cc(CN)nn1)C1CC1. The lowest BCUT2D eigenvalue weighted by Gasteiger charge is -2.14. The Morgan fingerprint density at radius 2 is 2.43 bits per heavy atom. The van der Waals surface area contributed by atoms with Crippen molar-refractivity contribution < 1.29 is 0 Å². The molecule has 0 aromatic carbocycles. The molecule has 0 amide bonds. The van der Waals surface area contributed by atoms with Crippen LogP contribution in [0.4, 0.5) is 0 Å². The summed E-state index contributed by atoms with van der Waals surface area (Å²) in [5, 5.41) is 7.94. The minimum atomic E-state index is 0.471. The zero-order chi connectivity index (χ0) is 9.97. The molecule has 1 aliphatic carbocycles. The number of aromatic nitrogens is 3. The zero-order valence-electron chi connectivity index (χ0n) is 8.56. The molecule has 78 valence electrons. The van der Waals surface area contributed by atoms with Crippen molar-refractivity contribution in [2.24, 2.45) is 5.73 Å². The number of likely N-dealkylation sites (N-methyl/N-ethyl adjacent to an activating group) is 1. The lowest BCUT2D eigenvalue weighted by Crippen LogP contribution is -2.25. The molecule has 1 fully saturated rings. The summed E-state index contributed by atoms with van der Waals surface area (Å²) in [6.45, 7) is 2.41. The van der Waals surface area contributed by atoms with Gasteiger partial charge in [0.2, 0.25) is 0 Å². The van der Waals surface area contributed by atoms with Gasteiger partial charge in [0, 0.05) is 25.3 Å². The summed E-state index contributed by atoms with van der Waals surface area (Å²) in [7, 11) is 2.17. The fourth-order valence-corrected chi connectivity index (χ4v) is 1.50. The van der Waals surface area contributed by atoms with Gasteiger partial charge in [-0.2, -0.15) is 0 Å². The van der Waals surface area contributed by atoms with Crippen LogP contribution in [0.1, 0.15) is 18.5 Å². The zero-order valence-corrected chi connectivity index (χ0v) is 8.56. The van der Waals surface area contributed by atoms with E-state index in [1.54, 1.807) is 0 Å². The topological polar surface area (TPSA) is 60.0 Å². The maximum Gasteiger partial charge on any atom is 0.0962 e. The van der Waals surface area contributed by atoms with Crippen molar-refractivity contribution in [3.05, 3.63) is 11.9 Å². The lowest BCUT2D eigenvalue weighted by atomic mass is 10.5. The molecule has 0 radical (unpaired) electrons. The molecule has 1 aliphatic rings. The summed E-state index contributed by atoms with van der Waals surface area (Å²) < 4.78 is 1.86. The second-order valence-corrected chi connectivity index (χ2v) is 3.89. The lowest BCUT2D eigenvalue weighted by molar-refractivity contribution is 0.301. The maximum absolute atomic E-state index is 5.45. The van der Waals surface area contributed by atoms with Crippen molar-refractivity contribution >= 4 is 0 Å². The van der Waals surface area contributed by atoms with Gasteiger partial charge in [0.15, 0.2) is 0 Å². The van der Waals surface area contributed by atoms with E-state index in [1.165, 1.54) is 12.8 Å². The van der Waals surface area contributed by atoms with Gasteiger partial charge in [-0.05, 0) is 19.9 Å². The highest BCUT2D eigenvalue weighted by molar-refractivity contribution is 4.90. The molecule has 1 aromatic rings. The second kappa shape index (κ2) is 4.06. The first kappa shape index (κ1) is 9.61. The van der Waals surface area contributed by atoms with Gasteiger partial charge in [0.05, 0.1) is 12.2 Å². The van der Waals surface area contributed by atoms with E-state index < -0.39 is 0 Å². The molecule has 0 aliphatic heterocycles. The van der Waals surface area contributed by atoms with Crippen molar-refractivity contribution in [2.75, 3.05) is 13.6 Å². The summed E-state index contributed by atoms with van der Waals surface area (Å²) >= 11 is 0. The molecule has 5 heteroatoms. The van der Waals surface area contributed by atoms with Gasteiger partial charge >= 0.3 is 0 Å². The first-order valence-corrected chi connectivity index (χ1v) is 5.09. The summed E-state index contributed by atoms with van der Waals surface area (Å²) in [5.41, 5.74) is 6.31. The standard InChI is InChI=1S/C9H17N5/c1-13(9-2-3-9)4-5-14-7-8(6-10)11-12-14/h7,9H,2-6,10H2,1H3. The second-order valence-electron chi connectivity index (χ2n) is 3.89. The van der Waals surface area contributed by atoms with Crippen LogP contribution in [0.25, 0.3) is 0 Å². The van der Waals surface area contributed by atoms with Gasteiger partial charge in [-0.25, -0.2) is 0 Å². The third-order valence-electron chi connectivity index (χ3n) is 2.65. The molecule has 1 heterocycles. The summed E-state index contributed by atoms with van der Waals surface area (Å²) in [6.07, 6.45) is 4.62. The predicted molar refractivity (Wildman–Crippen MR) is 53.6 cm³/mol. The fourth-order valence-electron chi connectivity index (χ4n) is 1.50. The molecule has 0 saturated heterocycles. The van der Waals surface area contributed by atoms with E-state index in [4.69, 9.17) is 5.73 Å². The van der Waals surface area contributed by atoms with Crippen LogP contribution in [-0.4, -0.2) is 39.5 Å². The van der Waals surface area contributed by atoms with Gasteiger partial charge in [-0.15, -0.1) is 5.10 Å². The van der Waals surface area contributed by atoms with Crippen LogP contribution in [0.2, 0.25) is 0 Å². The number of hydrogen-bond acceptors (Lipinski definition) is 4. The quantitative estimate of drug-likeness (QED) is 0.708. The molecular formula is C9H17N5. The van der Waals surface area contributed by atoms with Gasteiger partial charge < -0.3 is 10.6 Å². The van der Waals surface area contributed by atoms with Gasteiger partial charge in [-0.3, -0.25) is 4.68 Å². The molecule has 0 bridgehead atoms. The molecule has 0 spiro atoms. The van der Waals surface area contributed by atoms with E-state index >= 15 is 0 Å². The van der Waals surface area contributed by atoms with E-state index in [-0.39, 0.29) is 0 Å². The van der Waals surface area contributed by atoms with Crippen molar-refractivity contribution in [1.29, 1.82) is 0 Å². The fraction of sp³-hybridized carbons (Fsp3) is 0.778. The smallest absolute Gasteiger partial charge is 0.0962 e. The highest BCUT2D eigenvalue weighted by Crippen LogP contribution is 2.24. The monoisotopic (exact) mass is 195 g/mol. The number of rotatable bonds is 5. The average molecular weight is 195 g/mol. The van der Waals surface area contributed by atoms with Gasteiger partial charge in [0.1, 0.15) is 0 Å². The Bertz CT molecular complexity index is 291. The first-order chi connectivity index (χ1) is 6.79. The molecule has 5 nitrogen and oxygen atoms in total. The number of hydrogen-bond donors (Lipinski definition) is 1. The third-order valence-corrected chi connectivity index (χ3v) is 2.65. The van der Waals surface area contributed by atoms with E-state index in [0.29, 0.717) is 6.54 Å². The van der Waals surface area contributed by atoms with Gasteiger partial charge in [-0.1, -0.05) is 5.21 Å². The Balaban J connectivity index is 1.78. The highest BCUT2D eigenvalue weighted by Gasteiger charge is 2.25. The van der Waals surface area contributed by atoms with Crippen molar-refractivity contribution in [2.45, 2.75) is 32.0 Å². The molecule has 14 heavy (non-hydrogen) atoms. The summed E-state index contributed by atoms with van der Waals surface area (Å²) in [4.78, 5) is 2.38. The Labute approximate surface area is 83.9 Å². The van der Waals surface area contributed by atoms with Crippen LogP contribution in [0.3, 0.4) is 0 Å². The minimum Gasteiger partial charge on any atom is -0.325 e. The first-order valence-electron chi connectivity index (χ1n) is 5.09. The van der Waals surface area contributed by atoms with E-state index in [9.17, 15) is 0 Å². The molecule has 0 atom stereocenters. The van der Waals surface area contributed by atoms with Crippen LogP contribution < -0.4 is 5.73 Å². The Morgan fingerprint density at radius 1 is 1.64 bits per heavy atom. The minimum absolute atomic E-state index is 0.471. The van der Waals surface area contributed by atoms with Crippen LogP contribution in [0.15, 0.2) is 6.20 Å². The summed E-state index contributed by atoms with van der Waals surface area (Å²) in [6, 6.07) is 0.813. The molecule has 0 unspecified atom stereocenters. The highest BCUT2D eigenvalue weighted by atomic mass is 15.4. The molecule has 2 rings (SSSR count). The van der Waals surface area contributed by atoms with Crippen molar-refractivity contribution in [1.82, 2.24) is 19.9 Å². The van der Waals surface area contributed by atoms with Gasteiger partial charge in [0.25, 0.3) is 0 Å². The van der Waals surface area contributed by atoms with Crippen molar-refractivity contribution in [3.63, 3.8) is 0 Å². The molecule has 1 aromatic heterocycles. The molecule has 2 N–H and O–H groups in total. The largest absolute Gasteiger partial charge is 0.325 e. The average Bonchev–Trinajstić information content (AvgIpc) is 2.94. The van der Waals surface area contributed by atoms with Crippen LogP contribution in [-0.2, 0) is 13.1 Å². The third kappa shape index (κ3) is 2.30. The Hall–Kier alpha value is -0.940. The Morgan fingerprint density at radius 3 is 3.00 bits per heavy atom. The molecule has 1 saturated carbocycles. The van der Waals surface area contributed by atoms with E-state index in [2.05, 4.69) is 22.3 Å². The van der Waals surface area contributed by atoms with Crippen LogP contribution in [0, 0.1) is 0 Å². The van der Waals surface area contributed by atoms with E-state index in [0.717, 1.165) is 24.8 Å². The number of nitrogens with two attached hydrogens (primary N) is 1. The normalized spacial score (nSPS) is 16.5. The predicted octanol–water partition coefficient (Wildman–Crippen LogP) is -0.169. The van der Waals surface area contributed by atoms with Crippen LogP contribution in [0.5, 0.6) is 0 Å². The maximum atomic E-state index is 5.45. The molecular weight excluding hydrogens is 178 g/mol. The van der Waals surface area contributed by atoms with Crippen molar-refractivity contribution in [3.8, 4) is 0 Å². The van der Waals surface area contributed by atoms with E-state index in [1.807, 2.05) is 10.9 Å². The number of nitrogens with zero attached hydrogens (tertiary/aromatic N) is 4. The Kier molecular flexibility index (Phi) is 2.79. The van der Waals surface area contributed by atoms with Crippen LogP contribution >= 0.6 is 0 Å².